The molecule has 1 saturated heterocycles. The Kier molecular flexibility index (Phi) is 4.39. The monoisotopic (exact) mass is 273 g/mol. The number of piperidine rings is 1. The summed E-state index contributed by atoms with van der Waals surface area (Å²) in [6, 6.07) is 0.507. The van der Waals surface area contributed by atoms with Crippen molar-refractivity contribution in [2.75, 3.05) is 26.7 Å². The first-order valence-corrected chi connectivity index (χ1v) is 7.38. The second-order valence-corrected chi connectivity index (χ2v) is 6.22. The lowest BCUT2D eigenvalue weighted by Crippen LogP contribution is -2.51. The van der Waals surface area contributed by atoms with Crippen molar-refractivity contribution in [3.05, 3.63) is 48.4 Å². The Hall–Kier alpha value is -1.48. The molecular formula is C17H27N3. The Balaban J connectivity index is 2.17. The van der Waals surface area contributed by atoms with E-state index < -0.39 is 0 Å². The number of fused-ring (bicyclic) bond motifs is 1. The smallest absolute Gasteiger partial charge is 0.0958 e. The molecule has 0 radical (unpaired) electrons. The maximum atomic E-state index is 6.29. The van der Waals surface area contributed by atoms with E-state index in [4.69, 9.17) is 5.73 Å². The van der Waals surface area contributed by atoms with Gasteiger partial charge in [0.2, 0.25) is 0 Å². The minimum absolute atomic E-state index is 0.171. The highest BCUT2D eigenvalue weighted by molar-refractivity contribution is 5.28. The molecule has 2 N–H and O–H groups in total. The van der Waals surface area contributed by atoms with Gasteiger partial charge in [-0.2, -0.15) is 0 Å². The molecule has 0 aromatic heterocycles. The number of hydrogen-bond acceptors (Lipinski definition) is 3. The van der Waals surface area contributed by atoms with Gasteiger partial charge in [0.25, 0.3) is 0 Å². The standard InChI is InChI=1S/C17H27N3/c1-5-7-8-14(6-2)12-20-15-9-10-19(4)13-17(15,3)11-16(20)18/h5-8,11,15H,2,9-10,12-13,18H2,1,3-4H3/b7-5-,14-8+. The Morgan fingerprint density at radius 2 is 2.35 bits per heavy atom. The van der Waals surface area contributed by atoms with Crippen molar-refractivity contribution in [1.29, 1.82) is 0 Å². The van der Waals surface area contributed by atoms with Crippen LogP contribution in [0.1, 0.15) is 20.3 Å². The molecule has 20 heavy (non-hydrogen) atoms. The molecule has 3 heteroatoms. The van der Waals surface area contributed by atoms with Crippen molar-refractivity contribution in [2.45, 2.75) is 26.3 Å². The molecule has 0 aromatic carbocycles. The van der Waals surface area contributed by atoms with Gasteiger partial charge in [-0.15, -0.1) is 0 Å². The average molecular weight is 273 g/mol. The number of allylic oxidation sites excluding steroid dienone is 3. The first-order valence-electron chi connectivity index (χ1n) is 7.38. The summed E-state index contributed by atoms with van der Waals surface area (Å²) < 4.78 is 0. The Bertz CT molecular complexity index is 461. The van der Waals surface area contributed by atoms with Gasteiger partial charge in [0.05, 0.1) is 5.82 Å². The van der Waals surface area contributed by atoms with Crippen LogP contribution in [0.3, 0.4) is 0 Å². The second-order valence-electron chi connectivity index (χ2n) is 6.22. The molecule has 2 unspecified atom stereocenters. The third-order valence-electron chi connectivity index (χ3n) is 4.46. The zero-order valence-electron chi connectivity index (χ0n) is 13.0. The SMILES string of the molecule is C=C/C(=C\C=C/C)CN1C(N)=CC2(C)CN(C)CCC12. The summed E-state index contributed by atoms with van der Waals surface area (Å²) in [6.45, 7) is 11.3. The predicted octanol–water partition coefficient (Wildman–Crippen LogP) is 2.50. The number of hydrogen-bond donors (Lipinski definition) is 1. The Morgan fingerprint density at radius 1 is 1.60 bits per heavy atom. The van der Waals surface area contributed by atoms with Gasteiger partial charge in [-0.25, -0.2) is 0 Å². The van der Waals surface area contributed by atoms with Crippen LogP contribution in [0.15, 0.2) is 48.4 Å². The van der Waals surface area contributed by atoms with E-state index in [1.807, 2.05) is 19.1 Å². The van der Waals surface area contributed by atoms with E-state index in [0.717, 1.165) is 31.9 Å². The number of likely N-dealkylation sites (tertiary alicyclic amines) is 1. The molecule has 2 atom stereocenters. The van der Waals surface area contributed by atoms with Crippen molar-refractivity contribution >= 4 is 0 Å². The van der Waals surface area contributed by atoms with E-state index >= 15 is 0 Å². The molecule has 110 valence electrons. The van der Waals surface area contributed by atoms with Gasteiger partial charge in [0.1, 0.15) is 0 Å². The van der Waals surface area contributed by atoms with E-state index in [-0.39, 0.29) is 5.41 Å². The van der Waals surface area contributed by atoms with Crippen molar-refractivity contribution in [3.63, 3.8) is 0 Å². The predicted molar refractivity (Wildman–Crippen MR) is 86.1 cm³/mol. The van der Waals surface area contributed by atoms with Crippen LogP contribution < -0.4 is 5.73 Å². The molecule has 2 aliphatic heterocycles. The Labute approximate surface area is 123 Å². The summed E-state index contributed by atoms with van der Waals surface area (Å²) in [5, 5.41) is 0. The summed E-state index contributed by atoms with van der Waals surface area (Å²) in [5.41, 5.74) is 7.67. The van der Waals surface area contributed by atoms with Crippen molar-refractivity contribution in [2.24, 2.45) is 11.1 Å². The lowest BCUT2D eigenvalue weighted by molar-refractivity contribution is 0.0808. The molecular weight excluding hydrogens is 246 g/mol. The summed E-state index contributed by atoms with van der Waals surface area (Å²) in [6.07, 6.45) is 11.6. The highest BCUT2D eigenvalue weighted by atomic mass is 15.3. The fourth-order valence-corrected chi connectivity index (χ4v) is 3.50. The zero-order valence-corrected chi connectivity index (χ0v) is 13.0. The zero-order chi connectivity index (χ0) is 14.8. The third kappa shape index (κ3) is 2.83. The first kappa shape index (κ1) is 14.9. The normalized spacial score (nSPS) is 31.6. The maximum absolute atomic E-state index is 6.29. The molecule has 2 heterocycles. The van der Waals surface area contributed by atoms with Gasteiger partial charge in [-0.3, -0.25) is 0 Å². The van der Waals surface area contributed by atoms with Crippen LogP contribution in [0, 0.1) is 5.41 Å². The molecule has 2 rings (SSSR count). The van der Waals surface area contributed by atoms with Crippen molar-refractivity contribution in [1.82, 2.24) is 9.80 Å². The van der Waals surface area contributed by atoms with Gasteiger partial charge in [0.15, 0.2) is 0 Å². The van der Waals surface area contributed by atoms with Crippen LogP contribution in [0.4, 0.5) is 0 Å². The number of nitrogens with zero attached hydrogens (tertiary/aromatic N) is 2. The summed E-state index contributed by atoms with van der Waals surface area (Å²) in [7, 11) is 2.19. The average Bonchev–Trinajstić information content (AvgIpc) is 2.63. The van der Waals surface area contributed by atoms with Crippen LogP contribution in [0.25, 0.3) is 0 Å². The number of nitrogens with two attached hydrogens (primary N) is 1. The molecule has 0 aliphatic carbocycles. The molecule has 1 fully saturated rings. The summed E-state index contributed by atoms with van der Waals surface area (Å²) in [4.78, 5) is 4.75. The topological polar surface area (TPSA) is 32.5 Å². The highest BCUT2D eigenvalue weighted by Crippen LogP contribution is 2.41. The molecule has 0 spiro atoms. The highest BCUT2D eigenvalue weighted by Gasteiger charge is 2.45. The van der Waals surface area contributed by atoms with Gasteiger partial charge in [-0.1, -0.05) is 37.8 Å². The largest absolute Gasteiger partial charge is 0.386 e. The van der Waals surface area contributed by atoms with Crippen LogP contribution in [-0.4, -0.2) is 42.5 Å². The quantitative estimate of drug-likeness (QED) is 0.799. The van der Waals surface area contributed by atoms with E-state index in [9.17, 15) is 0 Å². The van der Waals surface area contributed by atoms with E-state index in [2.05, 4.69) is 48.6 Å². The Morgan fingerprint density at radius 3 is 3.00 bits per heavy atom. The molecule has 0 bridgehead atoms. The molecule has 0 saturated carbocycles. The van der Waals surface area contributed by atoms with Gasteiger partial charge < -0.3 is 15.5 Å². The van der Waals surface area contributed by atoms with E-state index in [1.54, 1.807) is 0 Å². The fraction of sp³-hybridized carbons (Fsp3) is 0.529. The first-order chi connectivity index (χ1) is 9.50. The van der Waals surface area contributed by atoms with E-state index in [0.29, 0.717) is 6.04 Å². The minimum atomic E-state index is 0.171. The molecule has 3 nitrogen and oxygen atoms in total. The van der Waals surface area contributed by atoms with Crippen LogP contribution in [-0.2, 0) is 0 Å². The van der Waals surface area contributed by atoms with Crippen molar-refractivity contribution < 1.29 is 0 Å². The van der Waals surface area contributed by atoms with Gasteiger partial charge in [0, 0.05) is 24.5 Å². The fourth-order valence-electron chi connectivity index (χ4n) is 3.50. The van der Waals surface area contributed by atoms with Gasteiger partial charge >= 0.3 is 0 Å². The second kappa shape index (κ2) is 5.88. The molecule has 2 aliphatic rings. The van der Waals surface area contributed by atoms with E-state index in [1.165, 1.54) is 5.57 Å². The molecule has 0 aromatic rings. The van der Waals surface area contributed by atoms with Crippen molar-refractivity contribution in [3.8, 4) is 0 Å². The minimum Gasteiger partial charge on any atom is -0.386 e. The number of rotatable bonds is 4. The maximum Gasteiger partial charge on any atom is 0.0958 e. The summed E-state index contributed by atoms with van der Waals surface area (Å²) >= 11 is 0. The van der Waals surface area contributed by atoms with Crippen LogP contribution in [0.2, 0.25) is 0 Å². The van der Waals surface area contributed by atoms with Crippen LogP contribution >= 0.6 is 0 Å². The third-order valence-corrected chi connectivity index (χ3v) is 4.46. The van der Waals surface area contributed by atoms with Gasteiger partial charge in [-0.05, 0) is 38.6 Å². The summed E-state index contributed by atoms with van der Waals surface area (Å²) in [5.74, 6) is 0.918. The lowest BCUT2D eigenvalue weighted by atomic mass is 9.79. The lowest BCUT2D eigenvalue weighted by Gasteiger charge is -2.44. The molecule has 0 amide bonds. The van der Waals surface area contributed by atoms with Crippen LogP contribution in [0.5, 0.6) is 0 Å².